The summed E-state index contributed by atoms with van der Waals surface area (Å²) < 4.78 is 66.6. The third kappa shape index (κ3) is 4.03. The highest BCUT2D eigenvalue weighted by Gasteiger charge is 2.26. The average molecular weight is 412 g/mol. The minimum Gasteiger partial charge on any atom is -0.320 e. The van der Waals surface area contributed by atoms with E-state index in [1.54, 1.807) is 29.6 Å². The molecule has 1 N–H and O–H groups in total. The molecule has 0 fully saturated rings. The molecule has 2 aromatic rings. The quantitative estimate of drug-likeness (QED) is 0.336. The fourth-order valence-corrected chi connectivity index (χ4v) is 2.53. The first-order valence-corrected chi connectivity index (χ1v) is 7.78. The van der Waals surface area contributed by atoms with E-state index >= 15 is 0 Å². The monoisotopic (exact) mass is 411 g/mol. The van der Waals surface area contributed by atoms with Crippen molar-refractivity contribution in [3.05, 3.63) is 57.8 Å². The van der Waals surface area contributed by atoms with Crippen molar-refractivity contribution < 1.29 is 26.7 Å². The van der Waals surface area contributed by atoms with Crippen molar-refractivity contribution in [2.75, 3.05) is 11.1 Å². The zero-order chi connectivity index (χ0) is 17.1. The van der Waals surface area contributed by atoms with Crippen LogP contribution in [-0.4, -0.2) is 11.7 Å². The lowest BCUT2D eigenvalue weighted by Gasteiger charge is -2.09. The molecule has 2 aromatic carbocycles. The molecule has 0 saturated heterocycles. The van der Waals surface area contributed by atoms with E-state index in [2.05, 4.69) is 15.9 Å². The first-order chi connectivity index (χ1) is 10.8. The molecule has 0 aliphatic rings. The third-order valence-corrected chi connectivity index (χ3v) is 4.20. The highest BCUT2D eigenvalue weighted by atomic mass is 79.9. The number of nitrogens with one attached hydrogen (secondary N) is 1. The lowest BCUT2D eigenvalue weighted by Crippen LogP contribution is -2.18. The lowest BCUT2D eigenvalue weighted by molar-refractivity contribution is -0.113. The number of halogens is 6. The number of anilines is 1. The second-order valence-corrected chi connectivity index (χ2v) is 6.20. The van der Waals surface area contributed by atoms with Crippen molar-refractivity contribution >= 4 is 39.3 Å². The molecular weight excluding hydrogens is 405 g/mol. The Labute approximate surface area is 140 Å². The Morgan fingerprint density at radius 2 is 1.39 bits per heavy atom. The van der Waals surface area contributed by atoms with Crippen LogP contribution in [0.3, 0.4) is 0 Å². The van der Waals surface area contributed by atoms with Crippen LogP contribution in [0.25, 0.3) is 0 Å². The molecule has 23 heavy (non-hydrogen) atoms. The maximum absolute atomic E-state index is 13.4. The number of hydrogen-bond acceptors (Lipinski definition) is 2. The second kappa shape index (κ2) is 7.31. The minimum absolute atomic E-state index is 0.263. The fraction of sp³-hybridized carbons (Fsp3) is 0.0714. The summed E-state index contributed by atoms with van der Waals surface area (Å²) in [5, 5.41) is 1.70. The van der Waals surface area contributed by atoms with E-state index in [9.17, 15) is 26.7 Å². The molecule has 0 radical (unpaired) electrons. The zero-order valence-electron chi connectivity index (χ0n) is 11.1. The van der Waals surface area contributed by atoms with Crippen LogP contribution in [0.5, 0.6) is 0 Å². The van der Waals surface area contributed by atoms with Gasteiger partial charge in [0.2, 0.25) is 11.7 Å². The summed E-state index contributed by atoms with van der Waals surface area (Å²) in [5.41, 5.74) is -1.36. The van der Waals surface area contributed by atoms with Crippen molar-refractivity contribution in [3.63, 3.8) is 0 Å². The molecule has 1 amide bonds. The van der Waals surface area contributed by atoms with Crippen molar-refractivity contribution in [1.82, 2.24) is 0 Å². The number of hydrogen-bond donors (Lipinski definition) is 1. The Hall–Kier alpha value is -1.61. The van der Waals surface area contributed by atoms with Gasteiger partial charge in [-0.3, -0.25) is 4.79 Å². The van der Waals surface area contributed by atoms with Crippen LogP contribution in [0, 0.1) is 29.1 Å². The van der Waals surface area contributed by atoms with Gasteiger partial charge in [0.05, 0.1) is 5.75 Å². The van der Waals surface area contributed by atoms with Gasteiger partial charge in [0, 0.05) is 9.37 Å². The first kappa shape index (κ1) is 17.7. The van der Waals surface area contributed by atoms with Gasteiger partial charge in [0.15, 0.2) is 23.3 Å². The molecule has 0 aliphatic carbocycles. The topological polar surface area (TPSA) is 29.1 Å². The summed E-state index contributed by atoms with van der Waals surface area (Å²) in [5.74, 6) is -11.8. The van der Waals surface area contributed by atoms with Crippen LogP contribution in [0.2, 0.25) is 0 Å². The zero-order valence-corrected chi connectivity index (χ0v) is 13.5. The highest BCUT2D eigenvalue weighted by Crippen LogP contribution is 2.27. The molecule has 122 valence electrons. The van der Waals surface area contributed by atoms with Gasteiger partial charge in [-0.1, -0.05) is 15.9 Å². The summed E-state index contributed by atoms with van der Waals surface area (Å²) in [7, 11) is 0. The van der Waals surface area contributed by atoms with Crippen molar-refractivity contribution in [3.8, 4) is 0 Å². The van der Waals surface area contributed by atoms with Gasteiger partial charge in [-0.15, -0.1) is 11.8 Å². The Bertz CT molecular complexity index is 725. The molecule has 2 rings (SSSR count). The molecule has 0 heterocycles. The van der Waals surface area contributed by atoms with Crippen LogP contribution >= 0.6 is 27.7 Å². The molecule has 0 unspecified atom stereocenters. The van der Waals surface area contributed by atoms with E-state index in [1.807, 2.05) is 0 Å². The highest BCUT2D eigenvalue weighted by molar-refractivity contribution is 9.10. The summed E-state index contributed by atoms with van der Waals surface area (Å²) >= 11 is 4.27. The van der Waals surface area contributed by atoms with Crippen LogP contribution < -0.4 is 5.32 Å². The van der Waals surface area contributed by atoms with Crippen molar-refractivity contribution in [2.45, 2.75) is 4.90 Å². The largest absolute Gasteiger partial charge is 0.320 e. The van der Waals surface area contributed by atoms with E-state index in [0.717, 1.165) is 16.2 Å². The third-order valence-electron chi connectivity index (χ3n) is 2.66. The lowest BCUT2D eigenvalue weighted by atomic mass is 10.2. The SMILES string of the molecule is O=C(CSc1ccc(Br)cc1)Nc1c(F)c(F)c(F)c(F)c1F. The van der Waals surface area contributed by atoms with Gasteiger partial charge >= 0.3 is 0 Å². The Morgan fingerprint density at radius 1 is 0.913 bits per heavy atom. The van der Waals surface area contributed by atoms with E-state index < -0.39 is 40.7 Å². The van der Waals surface area contributed by atoms with Gasteiger partial charge < -0.3 is 5.32 Å². The Morgan fingerprint density at radius 3 is 1.91 bits per heavy atom. The maximum Gasteiger partial charge on any atom is 0.234 e. The molecule has 2 nitrogen and oxygen atoms in total. The summed E-state index contributed by atoms with van der Waals surface area (Å²) in [6, 6.07) is 6.84. The van der Waals surface area contributed by atoms with Crippen LogP contribution in [-0.2, 0) is 4.79 Å². The van der Waals surface area contributed by atoms with Crippen LogP contribution in [0.15, 0.2) is 33.6 Å². The molecule has 0 atom stereocenters. The summed E-state index contributed by atoms with van der Waals surface area (Å²) in [4.78, 5) is 12.3. The van der Waals surface area contributed by atoms with Crippen molar-refractivity contribution in [1.29, 1.82) is 0 Å². The molecule has 9 heteroatoms. The predicted octanol–water partition coefficient (Wildman–Crippen LogP) is 4.88. The Balaban J connectivity index is 2.10. The standard InChI is InChI=1S/C14H7BrF5NOS/c15-6-1-3-7(4-2-6)23-5-8(22)21-14-12(19)10(17)9(16)11(18)13(14)20/h1-4H,5H2,(H,21,22). The van der Waals surface area contributed by atoms with E-state index in [-0.39, 0.29) is 5.75 Å². The number of thioether (sulfide) groups is 1. The first-order valence-electron chi connectivity index (χ1n) is 6.01. The van der Waals surface area contributed by atoms with Gasteiger partial charge in [-0.05, 0) is 24.3 Å². The van der Waals surface area contributed by atoms with E-state index in [1.165, 1.54) is 0 Å². The Kier molecular flexibility index (Phi) is 5.64. The van der Waals surface area contributed by atoms with Crippen molar-refractivity contribution in [2.24, 2.45) is 0 Å². The molecule has 0 saturated carbocycles. The second-order valence-electron chi connectivity index (χ2n) is 4.24. The van der Waals surface area contributed by atoms with Crippen LogP contribution in [0.1, 0.15) is 0 Å². The normalized spacial score (nSPS) is 10.7. The molecule has 0 bridgehead atoms. The smallest absolute Gasteiger partial charge is 0.234 e. The number of amides is 1. The average Bonchev–Trinajstić information content (AvgIpc) is 2.54. The minimum atomic E-state index is -2.28. The van der Waals surface area contributed by atoms with E-state index in [0.29, 0.717) is 4.90 Å². The fourth-order valence-electron chi connectivity index (χ4n) is 1.57. The van der Waals surface area contributed by atoms with Gasteiger partial charge in [-0.2, -0.15) is 0 Å². The number of carbonyl (C=O) groups excluding carboxylic acids is 1. The van der Waals surface area contributed by atoms with E-state index in [4.69, 9.17) is 0 Å². The number of rotatable bonds is 4. The summed E-state index contributed by atoms with van der Waals surface area (Å²) in [6.07, 6.45) is 0. The number of carbonyl (C=O) groups is 1. The van der Waals surface area contributed by atoms with Gasteiger partial charge in [-0.25, -0.2) is 22.0 Å². The molecule has 0 spiro atoms. The summed E-state index contributed by atoms with van der Waals surface area (Å²) in [6.45, 7) is 0. The van der Waals surface area contributed by atoms with Crippen LogP contribution in [0.4, 0.5) is 27.6 Å². The molecular formula is C14H7BrF5NOS. The maximum atomic E-state index is 13.4. The molecule has 0 aromatic heterocycles. The molecule has 0 aliphatic heterocycles. The number of benzene rings is 2. The predicted molar refractivity (Wildman–Crippen MR) is 79.7 cm³/mol. The van der Waals surface area contributed by atoms with Gasteiger partial charge in [0.1, 0.15) is 5.69 Å². The van der Waals surface area contributed by atoms with Gasteiger partial charge in [0.25, 0.3) is 0 Å².